The summed E-state index contributed by atoms with van der Waals surface area (Å²) in [5, 5.41) is -0.175. The lowest BCUT2D eigenvalue weighted by atomic mass is 9.80. The first-order valence-electron chi connectivity index (χ1n) is 7.00. The third-order valence-corrected chi connectivity index (χ3v) is 5.38. The van der Waals surface area contributed by atoms with Gasteiger partial charge in [-0.15, -0.1) is 11.6 Å². The van der Waals surface area contributed by atoms with Gasteiger partial charge >= 0.3 is 0 Å². The number of rotatable bonds is 3. The summed E-state index contributed by atoms with van der Waals surface area (Å²) in [6.45, 7) is 4.12. The fourth-order valence-corrected chi connectivity index (χ4v) is 3.56. The van der Waals surface area contributed by atoms with Gasteiger partial charge in [-0.1, -0.05) is 6.42 Å². The number of aromatic nitrogens is 2. The molecule has 0 spiro atoms. The van der Waals surface area contributed by atoms with Crippen LogP contribution in [-0.2, 0) is 0 Å². The second kappa shape index (κ2) is 5.44. The molecule has 0 radical (unpaired) electrons. The molecule has 1 aliphatic carbocycles. The summed E-state index contributed by atoms with van der Waals surface area (Å²) in [7, 11) is 0. The van der Waals surface area contributed by atoms with Crippen molar-refractivity contribution >= 4 is 45.2 Å². The Kier molecular flexibility index (Phi) is 3.97. The largest absolute Gasteiger partial charge is 0.324 e. The van der Waals surface area contributed by atoms with Crippen LogP contribution in [0.15, 0.2) is 12.1 Å². The number of hydrogen-bond acceptors (Lipinski definition) is 1. The lowest BCUT2D eigenvalue weighted by Crippen LogP contribution is -2.24. The average molecular weight is 407 g/mol. The van der Waals surface area contributed by atoms with Crippen molar-refractivity contribution in [3.05, 3.63) is 27.3 Å². The summed E-state index contributed by atoms with van der Waals surface area (Å²) in [6, 6.07) is 3.73. The molecule has 2 atom stereocenters. The van der Waals surface area contributed by atoms with E-state index in [1.807, 2.05) is 29.5 Å². The summed E-state index contributed by atoms with van der Waals surface area (Å²) >= 11 is 8.29. The van der Waals surface area contributed by atoms with Gasteiger partial charge < -0.3 is 4.57 Å². The first kappa shape index (κ1) is 14.6. The van der Waals surface area contributed by atoms with E-state index in [2.05, 4.69) is 16.5 Å². The quantitative estimate of drug-likeness (QED) is 0.490. The molecule has 1 heterocycles. The maximum absolute atomic E-state index is 13.9. The summed E-state index contributed by atoms with van der Waals surface area (Å²) in [5.41, 5.74) is 1.70. The van der Waals surface area contributed by atoms with Gasteiger partial charge in [0.2, 0.25) is 0 Å². The molecule has 2 aromatic rings. The highest BCUT2D eigenvalue weighted by molar-refractivity contribution is 14.1. The Balaban J connectivity index is 2.20. The molecule has 1 aromatic heterocycles. The Labute approximate surface area is 136 Å². The minimum absolute atomic E-state index is 0.175. The van der Waals surface area contributed by atoms with Crippen LogP contribution in [0.3, 0.4) is 0 Å². The van der Waals surface area contributed by atoms with Crippen LogP contribution >= 0.6 is 34.2 Å². The second-order valence-electron chi connectivity index (χ2n) is 5.64. The molecule has 0 amide bonds. The maximum Gasteiger partial charge on any atom is 0.138 e. The van der Waals surface area contributed by atoms with Gasteiger partial charge in [0.25, 0.3) is 0 Å². The highest BCUT2D eigenvalue weighted by Gasteiger charge is 2.29. The van der Waals surface area contributed by atoms with E-state index in [1.165, 1.54) is 19.3 Å². The zero-order valence-electron chi connectivity index (χ0n) is 11.5. The monoisotopic (exact) mass is 406 g/mol. The van der Waals surface area contributed by atoms with Gasteiger partial charge in [0.1, 0.15) is 11.6 Å². The first-order valence-corrected chi connectivity index (χ1v) is 8.51. The Bertz CT molecular complexity index is 649. The number of hydrogen-bond donors (Lipinski definition) is 0. The molecule has 1 saturated carbocycles. The Morgan fingerprint density at radius 1 is 1.40 bits per heavy atom. The van der Waals surface area contributed by atoms with Gasteiger partial charge in [-0.2, -0.15) is 0 Å². The number of alkyl halides is 1. The number of imidazole rings is 1. The molecule has 0 N–H and O–H groups in total. The normalized spacial score (nSPS) is 19.1. The van der Waals surface area contributed by atoms with E-state index in [-0.39, 0.29) is 11.2 Å². The molecular formula is C15H17ClFIN2. The van der Waals surface area contributed by atoms with Crippen molar-refractivity contribution in [2.24, 2.45) is 5.92 Å². The standard InChI is InChI=1S/C15H17ClFIN2/c1-8(16)15-19-13-7-12(18)11(17)6-14(13)20(15)9(2)10-4-3-5-10/h6-10H,3-5H2,1-2H3. The molecule has 1 aromatic carbocycles. The summed E-state index contributed by atoms with van der Waals surface area (Å²) in [6.07, 6.45) is 3.77. The third-order valence-electron chi connectivity index (χ3n) is 4.35. The van der Waals surface area contributed by atoms with E-state index >= 15 is 0 Å². The Morgan fingerprint density at radius 3 is 2.65 bits per heavy atom. The highest BCUT2D eigenvalue weighted by Crippen LogP contribution is 2.40. The van der Waals surface area contributed by atoms with Crippen molar-refractivity contribution in [1.29, 1.82) is 0 Å². The SMILES string of the molecule is CC(Cl)c1nc2cc(I)c(F)cc2n1C(C)C1CCC1. The number of halogens is 3. The third kappa shape index (κ3) is 2.34. The molecule has 3 rings (SSSR count). The van der Waals surface area contributed by atoms with Gasteiger partial charge in [0.05, 0.1) is 20.0 Å². The van der Waals surface area contributed by atoms with Crippen LogP contribution in [-0.4, -0.2) is 9.55 Å². The zero-order chi connectivity index (χ0) is 14.4. The van der Waals surface area contributed by atoms with Crippen molar-refractivity contribution < 1.29 is 4.39 Å². The lowest BCUT2D eigenvalue weighted by Gasteiger charge is -2.33. The van der Waals surface area contributed by atoms with Crippen LogP contribution in [0.2, 0.25) is 0 Å². The molecule has 0 bridgehead atoms. The van der Waals surface area contributed by atoms with Gasteiger partial charge in [-0.3, -0.25) is 0 Å². The van der Waals surface area contributed by atoms with E-state index < -0.39 is 0 Å². The van der Waals surface area contributed by atoms with Crippen molar-refractivity contribution in [2.75, 3.05) is 0 Å². The van der Waals surface area contributed by atoms with Crippen molar-refractivity contribution in [1.82, 2.24) is 9.55 Å². The minimum atomic E-state index is -0.186. The Morgan fingerprint density at radius 2 is 2.10 bits per heavy atom. The van der Waals surface area contributed by atoms with Gasteiger partial charge in [0, 0.05) is 12.1 Å². The van der Waals surface area contributed by atoms with Crippen LogP contribution in [0.4, 0.5) is 4.39 Å². The van der Waals surface area contributed by atoms with Gasteiger partial charge in [0.15, 0.2) is 0 Å². The molecule has 1 aliphatic rings. The summed E-state index contributed by atoms with van der Waals surface area (Å²) < 4.78 is 16.7. The topological polar surface area (TPSA) is 17.8 Å². The summed E-state index contributed by atoms with van der Waals surface area (Å²) in [4.78, 5) is 4.64. The Hall–Kier alpha value is -0.360. The molecule has 2 nitrogen and oxygen atoms in total. The average Bonchev–Trinajstić information content (AvgIpc) is 2.66. The van der Waals surface area contributed by atoms with Crippen LogP contribution in [0.25, 0.3) is 11.0 Å². The van der Waals surface area contributed by atoms with Crippen LogP contribution in [0.5, 0.6) is 0 Å². The van der Waals surface area contributed by atoms with Crippen molar-refractivity contribution in [3.63, 3.8) is 0 Å². The van der Waals surface area contributed by atoms with E-state index in [0.29, 0.717) is 15.5 Å². The highest BCUT2D eigenvalue weighted by atomic mass is 127. The fraction of sp³-hybridized carbons (Fsp3) is 0.533. The number of fused-ring (bicyclic) bond motifs is 1. The van der Waals surface area contributed by atoms with Crippen molar-refractivity contribution in [3.8, 4) is 0 Å². The van der Waals surface area contributed by atoms with E-state index in [4.69, 9.17) is 11.6 Å². The van der Waals surface area contributed by atoms with E-state index in [9.17, 15) is 4.39 Å². The molecule has 1 fully saturated rings. The second-order valence-corrected chi connectivity index (χ2v) is 7.46. The molecule has 2 unspecified atom stereocenters. The molecule has 108 valence electrons. The number of benzene rings is 1. The smallest absolute Gasteiger partial charge is 0.138 e. The maximum atomic E-state index is 13.9. The summed E-state index contributed by atoms with van der Waals surface area (Å²) in [5.74, 6) is 1.32. The molecule has 0 saturated heterocycles. The molecule has 0 aliphatic heterocycles. The molecular weight excluding hydrogens is 390 g/mol. The van der Waals surface area contributed by atoms with E-state index in [0.717, 1.165) is 16.9 Å². The van der Waals surface area contributed by atoms with Crippen molar-refractivity contribution in [2.45, 2.75) is 44.5 Å². The molecule has 5 heteroatoms. The number of nitrogens with zero attached hydrogens (tertiary/aromatic N) is 2. The minimum Gasteiger partial charge on any atom is -0.324 e. The first-order chi connectivity index (χ1) is 9.49. The molecule has 20 heavy (non-hydrogen) atoms. The van der Waals surface area contributed by atoms with Gasteiger partial charge in [-0.05, 0) is 61.3 Å². The fourth-order valence-electron chi connectivity index (χ4n) is 2.95. The predicted octanol–water partition coefficient (Wildman–Crippen LogP) is 5.44. The predicted molar refractivity (Wildman–Crippen MR) is 88.7 cm³/mol. The van der Waals surface area contributed by atoms with Crippen LogP contribution in [0, 0.1) is 15.3 Å². The van der Waals surface area contributed by atoms with Crippen LogP contribution in [0.1, 0.15) is 50.4 Å². The van der Waals surface area contributed by atoms with E-state index in [1.54, 1.807) is 12.1 Å². The lowest BCUT2D eigenvalue weighted by molar-refractivity contribution is 0.222. The van der Waals surface area contributed by atoms with Crippen LogP contribution < -0.4 is 0 Å². The van der Waals surface area contributed by atoms with Gasteiger partial charge in [-0.25, -0.2) is 9.37 Å². The zero-order valence-corrected chi connectivity index (χ0v) is 14.4.